The van der Waals surface area contributed by atoms with Gasteiger partial charge in [0.15, 0.2) is 5.13 Å². The molecule has 1 aliphatic heterocycles. The van der Waals surface area contributed by atoms with Crippen LogP contribution in [0.2, 0.25) is 0 Å². The highest BCUT2D eigenvalue weighted by molar-refractivity contribution is 7.16. The molecule has 0 spiro atoms. The summed E-state index contributed by atoms with van der Waals surface area (Å²) in [5.74, 6) is 1.41. The SMILES string of the molecule is O=C(Cc1sc(NC2CC3C=CC2C3)nc1O)N1CCCCC1. The van der Waals surface area contributed by atoms with Gasteiger partial charge in [-0.25, -0.2) is 0 Å². The third kappa shape index (κ3) is 3.09. The number of carbonyl (C=O) groups excluding carboxylic acids is 1. The molecule has 1 saturated carbocycles. The number of allylic oxidation sites excluding steroid dienone is 1. The second-order valence-electron chi connectivity index (χ2n) is 6.92. The number of piperidine rings is 1. The Morgan fingerprint density at radius 2 is 2.13 bits per heavy atom. The van der Waals surface area contributed by atoms with E-state index in [9.17, 15) is 9.90 Å². The van der Waals surface area contributed by atoms with Crippen LogP contribution in [0.4, 0.5) is 5.13 Å². The van der Waals surface area contributed by atoms with E-state index in [2.05, 4.69) is 22.5 Å². The molecular formula is C17H23N3O2S. The van der Waals surface area contributed by atoms with Gasteiger partial charge in [-0.3, -0.25) is 4.79 Å². The first kappa shape index (κ1) is 15.0. The summed E-state index contributed by atoms with van der Waals surface area (Å²) in [6, 6.07) is 0.418. The molecule has 1 aromatic heterocycles. The van der Waals surface area contributed by atoms with Gasteiger partial charge in [0.1, 0.15) is 0 Å². The number of hydrogen-bond donors (Lipinski definition) is 2. The molecule has 6 heteroatoms. The van der Waals surface area contributed by atoms with Crippen molar-refractivity contribution in [3.8, 4) is 5.88 Å². The number of carbonyl (C=O) groups is 1. The van der Waals surface area contributed by atoms with E-state index in [1.165, 1.54) is 24.2 Å². The minimum absolute atomic E-state index is 0.0153. The fourth-order valence-electron chi connectivity index (χ4n) is 4.02. The summed E-state index contributed by atoms with van der Waals surface area (Å²) in [4.78, 5) is 19.2. The zero-order chi connectivity index (χ0) is 15.8. The van der Waals surface area contributed by atoms with Crippen molar-refractivity contribution < 1.29 is 9.90 Å². The molecular weight excluding hydrogens is 310 g/mol. The average molecular weight is 333 g/mol. The van der Waals surface area contributed by atoms with Crippen LogP contribution >= 0.6 is 11.3 Å². The van der Waals surface area contributed by atoms with Gasteiger partial charge < -0.3 is 15.3 Å². The highest BCUT2D eigenvalue weighted by Gasteiger charge is 2.36. The lowest BCUT2D eigenvalue weighted by atomic mass is 10.0. The highest BCUT2D eigenvalue weighted by atomic mass is 32.1. The maximum Gasteiger partial charge on any atom is 0.228 e. The van der Waals surface area contributed by atoms with Crippen molar-refractivity contribution in [2.45, 2.75) is 44.6 Å². The standard InChI is InChI=1S/C17H23N3O2S/c21-15(20-6-2-1-3-7-20)10-14-16(22)19-17(23-14)18-13-9-11-4-5-12(13)8-11/h4-5,11-13,22H,1-3,6-10H2,(H,18,19). The molecule has 3 aliphatic rings. The molecule has 0 radical (unpaired) electrons. The van der Waals surface area contributed by atoms with Gasteiger partial charge in [-0.05, 0) is 43.9 Å². The summed E-state index contributed by atoms with van der Waals surface area (Å²) < 4.78 is 0. The number of nitrogens with zero attached hydrogens (tertiary/aromatic N) is 2. The molecule has 2 bridgehead atoms. The van der Waals surface area contributed by atoms with Crippen molar-refractivity contribution in [3.05, 3.63) is 17.0 Å². The van der Waals surface area contributed by atoms with Crippen LogP contribution in [-0.2, 0) is 11.2 Å². The van der Waals surface area contributed by atoms with E-state index in [0.717, 1.165) is 37.5 Å². The van der Waals surface area contributed by atoms with Crippen LogP contribution < -0.4 is 5.32 Å². The summed E-state index contributed by atoms with van der Waals surface area (Å²) >= 11 is 1.42. The molecule has 2 aliphatic carbocycles. The van der Waals surface area contributed by atoms with Crippen molar-refractivity contribution in [2.75, 3.05) is 18.4 Å². The van der Waals surface area contributed by atoms with Gasteiger partial charge in [0, 0.05) is 19.1 Å². The maximum atomic E-state index is 12.3. The van der Waals surface area contributed by atoms with Gasteiger partial charge in [0.05, 0.1) is 11.3 Å². The van der Waals surface area contributed by atoms with Gasteiger partial charge in [0.2, 0.25) is 11.8 Å². The lowest BCUT2D eigenvalue weighted by Gasteiger charge is -2.26. The topological polar surface area (TPSA) is 65.5 Å². The molecule has 5 nitrogen and oxygen atoms in total. The molecule has 1 amide bonds. The van der Waals surface area contributed by atoms with Crippen molar-refractivity contribution in [1.82, 2.24) is 9.88 Å². The summed E-state index contributed by atoms with van der Waals surface area (Å²) in [5.41, 5.74) is 0. The van der Waals surface area contributed by atoms with Crippen LogP contribution in [0, 0.1) is 11.8 Å². The average Bonchev–Trinajstić information content (AvgIpc) is 3.25. The second kappa shape index (κ2) is 6.15. The molecule has 124 valence electrons. The smallest absolute Gasteiger partial charge is 0.228 e. The van der Waals surface area contributed by atoms with Gasteiger partial charge in [0.25, 0.3) is 0 Å². The van der Waals surface area contributed by atoms with Gasteiger partial charge in [-0.1, -0.05) is 23.5 Å². The molecule has 2 fully saturated rings. The van der Waals surface area contributed by atoms with Crippen LogP contribution in [-0.4, -0.2) is 40.0 Å². The Morgan fingerprint density at radius 3 is 2.83 bits per heavy atom. The number of rotatable bonds is 4. The van der Waals surface area contributed by atoms with E-state index in [1.807, 2.05) is 4.90 Å². The fourth-order valence-corrected chi connectivity index (χ4v) is 4.93. The Balaban J connectivity index is 1.39. The molecule has 1 aromatic rings. The molecule has 1 saturated heterocycles. The van der Waals surface area contributed by atoms with Gasteiger partial charge >= 0.3 is 0 Å². The van der Waals surface area contributed by atoms with Crippen LogP contribution in [0.1, 0.15) is 37.0 Å². The molecule has 4 rings (SSSR count). The number of nitrogens with one attached hydrogen (secondary N) is 1. The molecule has 3 unspecified atom stereocenters. The Kier molecular flexibility index (Phi) is 4.01. The predicted molar refractivity (Wildman–Crippen MR) is 90.7 cm³/mol. The molecule has 2 N–H and O–H groups in total. The minimum atomic E-state index is 0.0153. The Hall–Kier alpha value is -1.56. The van der Waals surface area contributed by atoms with Crippen molar-refractivity contribution >= 4 is 22.4 Å². The van der Waals surface area contributed by atoms with Crippen LogP contribution in [0.25, 0.3) is 0 Å². The molecule has 2 heterocycles. The molecule has 0 aromatic carbocycles. The number of fused-ring (bicyclic) bond motifs is 2. The van der Waals surface area contributed by atoms with E-state index in [4.69, 9.17) is 0 Å². The Morgan fingerprint density at radius 1 is 1.30 bits per heavy atom. The predicted octanol–water partition coefficient (Wildman–Crippen LogP) is 2.78. The quantitative estimate of drug-likeness (QED) is 0.832. The number of likely N-dealkylation sites (tertiary alicyclic amines) is 1. The largest absolute Gasteiger partial charge is 0.492 e. The van der Waals surface area contributed by atoms with Crippen molar-refractivity contribution in [3.63, 3.8) is 0 Å². The van der Waals surface area contributed by atoms with Gasteiger partial charge in [-0.2, -0.15) is 4.98 Å². The van der Waals surface area contributed by atoms with E-state index >= 15 is 0 Å². The molecule has 23 heavy (non-hydrogen) atoms. The number of anilines is 1. The van der Waals surface area contributed by atoms with Crippen molar-refractivity contribution in [2.24, 2.45) is 11.8 Å². The monoisotopic (exact) mass is 333 g/mol. The first-order valence-electron chi connectivity index (χ1n) is 8.60. The Labute approximate surface area is 140 Å². The lowest BCUT2D eigenvalue weighted by molar-refractivity contribution is -0.131. The van der Waals surface area contributed by atoms with Crippen LogP contribution in [0.5, 0.6) is 5.88 Å². The Bertz CT molecular complexity index is 621. The normalized spacial score (nSPS) is 29.2. The number of amides is 1. The minimum Gasteiger partial charge on any atom is -0.492 e. The fraction of sp³-hybridized carbons (Fsp3) is 0.647. The van der Waals surface area contributed by atoms with E-state index < -0.39 is 0 Å². The number of aromatic nitrogens is 1. The van der Waals surface area contributed by atoms with E-state index in [-0.39, 0.29) is 18.2 Å². The number of thiazole rings is 1. The summed E-state index contributed by atoms with van der Waals surface area (Å²) in [5, 5.41) is 14.3. The van der Waals surface area contributed by atoms with E-state index in [1.54, 1.807) is 0 Å². The third-order valence-electron chi connectivity index (χ3n) is 5.29. The summed E-state index contributed by atoms with van der Waals surface area (Å²) in [6.45, 7) is 1.70. The van der Waals surface area contributed by atoms with Crippen LogP contribution in [0.3, 0.4) is 0 Å². The second-order valence-corrected chi connectivity index (χ2v) is 8.00. The maximum absolute atomic E-state index is 12.3. The zero-order valence-electron chi connectivity index (χ0n) is 13.2. The third-order valence-corrected chi connectivity index (χ3v) is 6.26. The van der Waals surface area contributed by atoms with Gasteiger partial charge in [-0.15, -0.1) is 0 Å². The highest BCUT2D eigenvalue weighted by Crippen LogP contribution is 2.41. The molecule has 3 atom stereocenters. The zero-order valence-corrected chi connectivity index (χ0v) is 14.0. The first-order chi connectivity index (χ1) is 11.2. The van der Waals surface area contributed by atoms with Crippen molar-refractivity contribution in [1.29, 1.82) is 0 Å². The lowest BCUT2D eigenvalue weighted by Crippen LogP contribution is -2.36. The number of aromatic hydroxyl groups is 1. The summed E-state index contributed by atoms with van der Waals surface area (Å²) in [7, 11) is 0. The number of hydrogen-bond acceptors (Lipinski definition) is 5. The first-order valence-corrected chi connectivity index (χ1v) is 9.42. The van der Waals surface area contributed by atoms with Crippen LogP contribution in [0.15, 0.2) is 12.2 Å². The van der Waals surface area contributed by atoms with E-state index in [0.29, 0.717) is 22.8 Å². The summed E-state index contributed by atoms with van der Waals surface area (Å²) in [6.07, 6.45) is 10.6.